The number of aromatic nitrogens is 3. The van der Waals surface area contributed by atoms with Crippen LogP contribution in [0.25, 0.3) is 0 Å². The first-order valence-electron chi connectivity index (χ1n) is 7.21. The Hall–Kier alpha value is -2.35. The molecule has 8 heteroatoms. The van der Waals surface area contributed by atoms with Gasteiger partial charge in [0.2, 0.25) is 0 Å². The highest BCUT2D eigenvalue weighted by Gasteiger charge is 2.20. The van der Waals surface area contributed by atoms with E-state index in [4.69, 9.17) is 5.11 Å². The fourth-order valence-corrected chi connectivity index (χ4v) is 2.36. The van der Waals surface area contributed by atoms with E-state index >= 15 is 0 Å². The molecular formula is C15H18F2N4O2. The van der Waals surface area contributed by atoms with Crippen molar-refractivity contribution >= 4 is 5.97 Å². The second-order valence-corrected chi connectivity index (χ2v) is 5.13. The van der Waals surface area contributed by atoms with Gasteiger partial charge in [-0.2, -0.15) is 0 Å². The smallest absolute Gasteiger partial charge is 0.305 e. The van der Waals surface area contributed by atoms with Crippen LogP contribution in [0.1, 0.15) is 36.3 Å². The van der Waals surface area contributed by atoms with Gasteiger partial charge in [0.25, 0.3) is 0 Å². The molecule has 0 aliphatic heterocycles. The molecule has 0 saturated carbocycles. The molecule has 1 atom stereocenters. The molecule has 124 valence electrons. The predicted octanol–water partition coefficient (Wildman–Crippen LogP) is 2.19. The zero-order valence-corrected chi connectivity index (χ0v) is 12.9. The van der Waals surface area contributed by atoms with Crippen molar-refractivity contribution in [1.82, 2.24) is 20.3 Å². The van der Waals surface area contributed by atoms with Crippen molar-refractivity contribution in [2.45, 2.75) is 39.4 Å². The average molecular weight is 324 g/mol. The van der Waals surface area contributed by atoms with Crippen molar-refractivity contribution in [3.8, 4) is 0 Å². The number of hydrogen-bond donors (Lipinski definition) is 2. The third-order valence-corrected chi connectivity index (χ3v) is 3.56. The van der Waals surface area contributed by atoms with Gasteiger partial charge >= 0.3 is 5.97 Å². The van der Waals surface area contributed by atoms with Crippen LogP contribution >= 0.6 is 0 Å². The number of rotatable bonds is 7. The maximum absolute atomic E-state index is 13.9. The van der Waals surface area contributed by atoms with Crippen LogP contribution in [0, 0.1) is 18.6 Å². The van der Waals surface area contributed by atoms with E-state index in [2.05, 4.69) is 15.6 Å². The lowest BCUT2D eigenvalue weighted by molar-refractivity contribution is -0.137. The summed E-state index contributed by atoms with van der Waals surface area (Å²) in [7, 11) is 0. The monoisotopic (exact) mass is 324 g/mol. The van der Waals surface area contributed by atoms with Crippen molar-refractivity contribution in [1.29, 1.82) is 0 Å². The minimum absolute atomic E-state index is 0.113. The summed E-state index contributed by atoms with van der Waals surface area (Å²) in [4.78, 5) is 11.0. The third-order valence-electron chi connectivity index (χ3n) is 3.56. The molecule has 2 aromatic rings. The Morgan fingerprint density at radius 1 is 1.43 bits per heavy atom. The number of nitrogens with zero attached hydrogens (tertiary/aromatic N) is 3. The van der Waals surface area contributed by atoms with Crippen molar-refractivity contribution in [2.24, 2.45) is 0 Å². The van der Waals surface area contributed by atoms with E-state index in [9.17, 15) is 13.6 Å². The molecule has 0 amide bonds. The summed E-state index contributed by atoms with van der Waals surface area (Å²) in [5, 5.41) is 20.0. The molecule has 0 saturated heterocycles. The summed E-state index contributed by atoms with van der Waals surface area (Å²) in [5.41, 5.74) is 1.63. The van der Waals surface area contributed by atoms with Crippen LogP contribution in [0.5, 0.6) is 0 Å². The topological polar surface area (TPSA) is 80.0 Å². The number of halogens is 2. The summed E-state index contributed by atoms with van der Waals surface area (Å²) < 4.78 is 28.7. The fourth-order valence-electron chi connectivity index (χ4n) is 2.36. The largest absolute Gasteiger partial charge is 0.481 e. The van der Waals surface area contributed by atoms with E-state index in [0.29, 0.717) is 12.2 Å². The van der Waals surface area contributed by atoms with Gasteiger partial charge in [-0.1, -0.05) is 11.3 Å². The molecular weight excluding hydrogens is 306 g/mol. The number of aliphatic carboxylic acids is 1. The van der Waals surface area contributed by atoms with Crippen LogP contribution < -0.4 is 5.32 Å². The molecule has 0 fully saturated rings. The minimum atomic E-state index is -1.08. The SMILES string of the molecule is CCn1nnc(C)c1CN[C@H](CC(=O)O)c1ccc(F)cc1F. The van der Waals surface area contributed by atoms with E-state index in [1.54, 1.807) is 11.6 Å². The van der Waals surface area contributed by atoms with Crippen molar-refractivity contribution in [2.75, 3.05) is 0 Å². The molecule has 1 aromatic heterocycles. The fraction of sp³-hybridized carbons (Fsp3) is 0.400. The summed E-state index contributed by atoms with van der Waals surface area (Å²) >= 11 is 0. The van der Waals surface area contributed by atoms with E-state index < -0.39 is 23.6 Å². The van der Waals surface area contributed by atoms with E-state index in [1.807, 2.05) is 6.92 Å². The first-order chi connectivity index (χ1) is 10.9. The highest BCUT2D eigenvalue weighted by atomic mass is 19.1. The molecule has 2 rings (SSSR count). The van der Waals surface area contributed by atoms with E-state index in [0.717, 1.165) is 17.8 Å². The van der Waals surface area contributed by atoms with Crippen molar-refractivity contribution < 1.29 is 18.7 Å². The van der Waals surface area contributed by atoms with Gasteiger partial charge in [-0.05, 0) is 19.9 Å². The molecule has 1 aromatic carbocycles. The molecule has 0 radical (unpaired) electrons. The van der Waals surface area contributed by atoms with Crippen LogP contribution in [0.2, 0.25) is 0 Å². The summed E-state index contributed by atoms with van der Waals surface area (Å²) in [6.45, 7) is 4.60. The molecule has 1 heterocycles. The molecule has 6 nitrogen and oxygen atoms in total. The highest BCUT2D eigenvalue weighted by Crippen LogP contribution is 2.22. The van der Waals surface area contributed by atoms with Crippen LogP contribution in [-0.4, -0.2) is 26.1 Å². The second kappa shape index (κ2) is 7.28. The van der Waals surface area contributed by atoms with Gasteiger partial charge in [-0.15, -0.1) is 5.10 Å². The Labute approximate surface area is 132 Å². The van der Waals surface area contributed by atoms with Gasteiger partial charge in [0, 0.05) is 30.8 Å². The number of carbonyl (C=O) groups is 1. The number of benzene rings is 1. The lowest BCUT2D eigenvalue weighted by Crippen LogP contribution is -2.26. The van der Waals surface area contributed by atoms with Gasteiger partial charge in [0.05, 0.1) is 17.8 Å². The maximum atomic E-state index is 13.9. The summed E-state index contributed by atoms with van der Waals surface area (Å²) in [5.74, 6) is -2.56. The van der Waals surface area contributed by atoms with Crippen molar-refractivity contribution in [3.05, 3.63) is 46.8 Å². The molecule has 0 aliphatic rings. The van der Waals surface area contributed by atoms with Gasteiger partial charge in [-0.3, -0.25) is 4.79 Å². The number of carboxylic acid groups (broad SMARTS) is 1. The van der Waals surface area contributed by atoms with E-state index in [-0.39, 0.29) is 18.5 Å². The Balaban J connectivity index is 2.22. The van der Waals surface area contributed by atoms with Gasteiger partial charge in [0.1, 0.15) is 11.6 Å². The number of carboxylic acids is 1. The predicted molar refractivity (Wildman–Crippen MR) is 78.6 cm³/mol. The molecule has 0 spiro atoms. The Morgan fingerprint density at radius 3 is 2.78 bits per heavy atom. The van der Waals surface area contributed by atoms with Crippen LogP contribution in [0.4, 0.5) is 8.78 Å². The second-order valence-electron chi connectivity index (χ2n) is 5.13. The van der Waals surface area contributed by atoms with Gasteiger partial charge in [0.15, 0.2) is 0 Å². The lowest BCUT2D eigenvalue weighted by Gasteiger charge is -2.18. The summed E-state index contributed by atoms with van der Waals surface area (Å²) in [6.07, 6.45) is -0.324. The molecule has 0 aliphatic carbocycles. The zero-order chi connectivity index (χ0) is 17.0. The molecule has 0 bridgehead atoms. The normalized spacial score (nSPS) is 12.3. The zero-order valence-electron chi connectivity index (χ0n) is 12.9. The molecule has 23 heavy (non-hydrogen) atoms. The standard InChI is InChI=1S/C15H18F2N4O2/c1-3-21-14(9(2)19-20-21)8-18-13(7-15(22)23)11-5-4-10(16)6-12(11)17/h4-6,13,18H,3,7-8H2,1-2H3,(H,22,23)/t13-/m1/s1. The highest BCUT2D eigenvalue weighted by molar-refractivity contribution is 5.68. The van der Waals surface area contributed by atoms with Gasteiger partial charge in [-0.25, -0.2) is 13.5 Å². The molecule has 0 unspecified atom stereocenters. The number of hydrogen-bond acceptors (Lipinski definition) is 4. The Morgan fingerprint density at radius 2 is 2.17 bits per heavy atom. The van der Waals surface area contributed by atoms with Gasteiger partial charge < -0.3 is 10.4 Å². The van der Waals surface area contributed by atoms with Crippen LogP contribution in [0.15, 0.2) is 18.2 Å². The van der Waals surface area contributed by atoms with Crippen LogP contribution in [0.3, 0.4) is 0 Å². The first-order valence-corrected chi connectivity index (χ1v) is 7.21. The quantitative estimate of drug-likeness (QED) is 0.816. The Bertz CT molecular complexity index is 703. The lowest BCUT2D eigenvalue weighted by atomic mass is 10.0. The first kappa shape index (κ1) is 17.0. The van der Waals surface area contributed by atoms with Crippen molar-refractivity contribution in [3.63, 3.8) is 0 Å². The number of nitrogens with one attached hydrogen (secondary N) is 1. The Kier molecular flexibility index (Phi) is 5.38. The van der Waals surface area contributed by atoms with E-state index in [1.165, 1.54) is 6.07 Å². The third kappa shape index (κ3) is 4.10. The molecule has 2 N–H and O–H groups in total. The average Bonchev–Trinajstić information content (AvgIpc) is 2.83. The van der Waals surface area contributed by atoms with Crippen LogP contribution in [-0.2, 0) is 17.9 Å². The summed E-state index contributed by atoms with van der Waals surface area (Å²) in [6, 6.07) is 2.33. The maximum Gasteiger partial charge on any atom is 0.305 e. The number of aryl methyl sites for hydroxylation is 2. The minimum Gasteiger partial charge on any atom is -0.481 e.